The van der Waals surface area contributed by atoms with Crippen LogP contribution in [0.1, 0.15) is 25.3 Å². The number of hydrogen-bond acceptors (Lipinski definition) is 4. The zero-order valence-corrected chi connectivity index (χ0v) is 18.1. The first-order valence-electron chi connectivity index (χ1n) is 10.1. The van der Waals surface area contributed by atoms with Crippen LogP contribution >= 0.6 is 0 Å². The van der Waals surface area contributed by atoms with E-state index in [-0.39, 0.29) is 5.56 Å². The van der Waals surface area contributed by atoms with Gasteiger partial charge in [-0.1, -0.05) is 30.3 Å². The van der Waals surface area contributed by atoms with Crippen LogP contribution in [0, 0.1) is 11.6 Å². The molecule has 1 aliphatic carbocycles. The summed E-state index contributed by atoms with van der Waals surface area (Å²) in [6.45, 7) is 2.38. The van der Waals surface area contributed by atoms with E-state index in [0.717, 1.165) is 22.9 Å². The first kappa shape index (κ1) is 22.2. The summed E-state index contributed by atoms with van der Waals surface area (Å²) in [7, 11) is -4.05. The predicted octanol–water partition coefficient (Wildman–Crippen LogP) is 4.11. The van der Waals surface area contributed by atoms with Crippen molar-refractivity contribution in [3.05, 3.63) is 71.8 Å². The molecular formula is C23H22F2N2O4S. The van der Waals surface area contributed by atoms with Gasteiger partial charge in [0.05, 0.1) is 12.4 Å². The molecule has 32 heavy (non-hydrogen) atoms. The van der Waals surface area contributed by atoms with E-state index in [4.69, 9.17) is 4.74 Å². The monoisotopic (exact) mass is 460 g/mol. The lowest BCUT2D eigenvalue weighted by atomic mass is 10.1. The third-order valence-electron chi connectivity index (χ3n) is 5.33. The van der Waals surface area contributed by atoms with Crippen molar-refractivity contribution in [2.75, 3.05) is 11.9 Å². The SMILES string of the molecule is CCOc1ccc(NC(=O)C2(NS(=O)(=O)Cc3ccc(F)cc3F)CC2)c2ccccc12. The van der Waals surface area contributed by atoms with Gasteiger partial charge in [0.25, 0.3) is 0 Å². The van der Waals surface area contributed by atoms with Crippen LogP contribution in [0.4, 0.5) is 14.5 Å². The van der Waals surface area contributed by atoms with Crippen molar-refractivity contribution in [1.29, 1.82) is 0 Å². The molecule has 1 aliphatic rings. The highest BCUT2D eigenvalue weighted by atomic mass is 32.2. The lowest BCUT2D eigenvalue weighted by Gasteiger charge is -2.19. The number of nitrogens with one attached hydrogen (secondary N) is 2. The summed E-state index contributed by atoms with van der Waals surface area (Å²) in [5.74, 6) is -2.25. The molecule has 0 saturated heterocycles. The maximum Gasteiger partial charge on any atom is 0.245 e. The minimum atomic E-state index is -4.05. The Labute approximate surface area is 184 Å². The summed E-state index contributed by atoms with van der Waals surface area (Å²) in [5.41, 5.74) is -0.939. The predicted molar refractivity (Wildman–Crippen MR) is 118 cm³/mol. The van der Waals surface area contributed by atoms with Gasteiger partial charge in [0.2, 0.25) is 15.9 Å². The highest BCUT2D eigenvalue weighted by Gasteiger charge is 2.52. The summed E-state index contributed by atoms with van der Waals surface area (Å²) < 4.78 is 60.2. The van der Waals surface area contributed by atoms with E-state index in [1.54, 1.807) is 12.1 Å². The molecule has 0 radical (unpaired) electrons. The number of carbonyl (C=O) groups is 1. The molecule has 0 bridgehead atoms. The number of fused-ring (bicyclic) bond motifs is 1. The average Bonchev–Trinajstić information content (AvgIpc) is 3.52. The maximum atomic E-state index is 13.9. The van der Waals surface area contributed by atoms with E-state index in [1.807, 2.05) is 31.2 Å². The average molecular weight is 461 g/mol. The molecule has 0 spiro atoms. The van der Waals surface area contributed by atoms with E-state index < -0.39 is 38.9 Å². The Morgan fingerprint density at radius 2 is 1.78 bits per heavy atom. The number of amides is 1. The molecule has 0 atom stereocenters. The van der Waals surface area contributed by atoms with Gasteiger partial charge in [-0.15, -0.1) is 0 Å². The molecule has 3 aromatic rings. The first-order chi connectivity index (χ1) is 15.2. The fourth-order valence-electron chi connectivity index (χ4n) is 3.58. The van der Waals surface area contributed by atoms with E-state index in [0.29, 0.717) is 37.0 Å². The van der Waals surface area contributed by atoms with Gasteiger partial charge in [0.15, 0.2) is 0 Å². The second-order valence-corrected chi connectivity index (χ2v) is 9.45. The van der Waals surface area contributed by atoms with Gasteiger partial charge in [0.1, 0.15) is 22.9 Å². The van der Waals surface area contributed by atoms with Gasteiger partial charge in [0, 0.05) is 28.1 Å². The Morgan fingerprint density at radius 3 is 2.44 bits per heavy atom. The van der Waals surface area contributed by atoms with Gasteiger partial charge in [-0.05, 0) is 38.0 Å². The minimum Gasteiger partial charge on any atom is -0.493 e. The Kier molecular flexibility index (Phi) is 5.87. The van der Waals surface area contributed by atoms with Crippen molar-refractivity contribution in [1.82, 2.24) is 4.72 Å². The zero-order chi connectivity index (χ0) is 22.9. The number of halogens is 2. The van der Waals surface area contributed by atoms with Crippen LogP contribution in [-0.4, -0.2) is 26.5 Å². The van der Waals surface area contributed by atoms with Gasteiger partial charge in [-0.3, -0.25) is 4.79 Å². The van der Waals surface area contributed by atoms with Gasteiger partial charge in [-0.2, -0.15) is 4.72 Å². The van der Waals surface area contributed by atoms with E-state index >= 15 is 0 Å². The Morgan fingerprint density at radius 1 is 1.06 bits per heavy atom. The van der Waals surface area contributed by atoms with E-state index in [9.17, 15) is 22.0 Å². The second kappa shape index (κ2) is 8.48. The molecule has 3 aromatic carbocycles. The summed E-state index contributed by atoms with van der Waals surface area (Å²) in [6.07, 6.45) is 0.637. The molecule has 0 aliphatic heterocycles. The number of sulfonamides is 1. The Bertz CT molecular complexity index is 1290. The normalized spacial score (nSPS) is 14.8. The second-order valence-electron chi connectivity index (χ2n) is 7.72. The fraction of sp³-hybridized carbons (Fsp3) is 0.261. The van der Waals surface area contributed by atoms with Crippen molar-refractivity contribution in [2.45, 2.75) is 31.1 Å². The molecule has 9 heteroatoms. The third kappa shape index (κ3) is 4.58. The standard InChI is InChI=1S/C23H22F2N2O4S/c1-2-31-21-10-9-20(17-5-3-4-6-18(17)21)26-22(28)23(11-12-23)27-32(29,30)14-15-7-8-16(24)13-19(15)25/h3-10,13,27H,2,11-12,14H2,1H3,(H,26,28). The topological polar surface area (TPSA) is 84.5 Å². The van der Waals surface area contributed by atoms with Crippen LogP contribution in [0.2, 0.25) is 0 Å². The number of hydrogen-bond donors (Lipinski definition) is 2. The van der Waals surface area contributed by atoms with Crippen LogP contribution in [0.15, 0.2) is 54.6 Å². The number of rotatable bonds is 8. The molecule has 6 nitrogen and oxygen atoms in total. The minimum absolute atomic E-state index is 0.174. The lowest BCUT2D eigenvalue weighted by Crippen LogP contribution is -2.46. The molecule has 4 rings (SSSR count). The number of benzene rings is 3. The molecule has 0 aromatic heterocycles. The first-order valence-corrected chi connectivity index (χ1v) is 11.8. The maximum absolute atomic E-state index is 13.9. The summed E-state index contributed by atoms with van der Waals surface area (Å²) in [4.78, 5) is 13.0. The Hall–Kier alpha value is -3.04. The summed E-state index contributed by atoms with van der Waals surface area (Å²) in [5, 5.41) is 4.40. The molecule has 0 heterocycles. The largest absolute Gasteiger partial charge is 0.493 e. The van der Waals surface area contributed by atoms with Gasteiger partial charge in [-0.25, -0.2) is 17.2 Å². The van der Waals surface area contributed by atoms with Crippen LogP contribution in [0.3, 0.4) is 0 Å². The van der Waals surface area contributed by atoms with Crippen LogP contribution in [-0.2, 0) is 20.6 Å². The van der Waals surface area contributed by atoms with Crippen LogP contribution in [0.5, 0.6) is 5.75 Å². The van der Waals surface area contributed by atoms with Crippen LogP contribution < -0.4 is 14.8 Å². The number of carbonyl (C=O) groups excluding carboxylic acids is 1. The molecule has 0 unspecified atom stereocenters. The van der Waals surface area contributed by atoms with Gasteiger partial charge >= 0.3 is 0 Å². The molecule has 1 amide bonds. The highest BCUT2D eigenvalue weighted by Crippen LogP contribution is 2.39. The third-order valence-corrected chi connectivity index (χ3v) is 6.72. The highest BCUT2D eigenvalue weighted by molar-refractivity contribution is 7.88. The smallest absolute Gasteiger partial charge is 0.245 e. The van der Waals surface area contributed by atoms with Crippen molar-refractivity contribution >= 4 is 32.4 Å². The van der Waals surface area contributed by atoms with Crippen molar-refractivity contribution in [2.24, 2.45) is 0 Å². The van der Waals surface area contributed by atoms with Crippen molar-refractivity contribution in [3.63, 3.8) is 0 Å². The van der Waals surface area contributed by atoms with Gasteiger partial charge < -0.3 is 10.1 Å². The molecular weight excluding hydrogens is 438 g/mol. The zero-order valence-electron chi connectivity index (χ0n) is 17.3. The quantitative estimate of drug-likeness (QED) is 0.530. The number of anilines is 1. The molecule has 1 fully saturated rings. The van der Waals surface area contributed by atoms with Crippen molar-refractivity contribution in [3.8, 4) is 5.75 Å². The molecule has 168 valence electrons. The van der Waals surface area contributed by atoms with Crippen molar-refractivity contribution < 1.29 is 26.7 Å². The molecule has 2 N–H and O–H groups in total. The lowest BCUT2D eigenvalue weighted by molar-refractivity contribution is -0.118. The summed E-state index contributed by atoms with van der Waals surface area (Å²) >= 11 is 0. The van der Waals surface area contributed by atoms with E-state index in [2.05, 4.69) is 10.0 Å². The fourth-order valence-corrected chi connectivity index (χ4v) is 5.19. The molecule has 1 saturated carbocycles. The number of ether oxygens (including phenoxy) is 1. The van der Waals surface area contributed by atoms with E-state index in [1.165, 1.54) is 0 Å². The summed E-state index contributed by atoms with van der Waals surface area (Å²) in [6, 6.07) is 13.6. The van der Waals surface area contributed by atoms with Crippen LogP contribution in [0.25, 0.3) is 10.8 Å². The Balaban J connectivity index is 1.53.